The van der Waals surface area contributed by atoms with E-state index in [1.54, 1.807) is 0 Å². The number of benzene rings is 1. The number of ether oxygens (including phenoxy) is 1. The first-order valence-electron chi connectivity index (χ1n) is 5.12. The molecule has 1 N–H and O–H groups in total. The van der Waals surface area contributed by atoms with E-state index in [0.29, 0.717) is 6.07 Å². The zero-order valence-corrected chi connectivity index (χ0v) is 9.42. The van der Waals surface area contributed by atoms with Crippen molar-refractivity contribution in [3.8, 4) is 5.75 Å². The third kappa shape index (κ3) is 4.62. The second-order valence-corrected chi connectivity index (χ2v) is 3.76. The molecule has 0 radical (unpaired) electrons. The van der Waals surface area contributed by atoms with Crippen molar-refractivity contribution in [3.05, 3.63) is 29.8 Å². The van der Waals surface area contributed by atoms with Crippen LogP contribution in [-0.2, 0) is 6.18 Å². The Morgan fingerprint density at radius 1 is 1.11 bits per heavy atom. The van der Waals surface area contributed by atoms with E-state index in [1.807, 2.05) is 0 Å². The van der Waals surface area contributed by atoms with E-state index >= 15 is 0 Å². The highest BCUT2D eigenvalue weighted by Crippen LogP contribution is 2.32. The maximum Gasteiger partial charge on any atom is 0.416 e. The van der Waals surface area contributed by atoms with Crippen molar-refractivity contribution in [1.29, 1.82) is 0 Å². The molecule has 108 valence electrons. The lowest BCUT2D eigenvalue weighted by atomic mass is 10.1. The van der Waals surface area contributed by atoms with Gasteiger partial charge in [-0.2, -0.15) is 26.3 Å². The molecule has 0 saturated heterocycles. The smallest absolute Gasteiger partial charge is 0.416 e. The Morgan fingerprint density at radius 3 is 2.21 bits per heavy atom. The van der Waals surface area contributed by atoms with Gasteiger partial charge in [-0.05, 0) is 18.2 Å². The SMILES string of the molecule is OCC(COc1cccc(C(F)(F)F)c1)C(F)(F)F. The molecule has 1 unspecified atom stereocenters. The molecular weight excluding hydrogens is 278 g/mol. The molecule has 0 fully saturated rings. The van der Waals surface area contributed by atoms with E-state index in [2.05, 4.69) is 4.74 Å². The highest BCUT2D eigenvalue weighted by molar-refractivity contribution is 5.30. The third-order valence-electron chi connectivity index (χ3n) is 2.30. The van der Waals surface area contributed by atoms with E-state index in [1.165, 1.54) is 0 Å². The largest absolute Gasteiger partial charge is 0.493 e. The van der Waals surface area contributed by atoms with Gasteiger partial charge in [0.05, 0.1) is 12.2 Å². The van der Waals surface area contributed by atoms with Crippen molar-refractivity contribution in [3.63, 3.8) is 0 Å². The van der Waals surface area contributed by atoms with E-state index in [0.717, 1.165) is 18.2 Å². The minimum Gasteiger partial charge on any atom is -0.493 e. The fourth-order valence-electron chi connectivity index (χ4n) is 1.21. The van der Waals surface area contributed by atoms with Crippen LogP contribution in [0.2, 0.25) is 0 Å². The van der Waals surface area contributed by atoms with Crippen LogP contribution >= 0.6 is 0 Å². The number of rotatable bonds is 4. The first-order chi connectivity index (χ1) is 8.64. The van der Waals surface area contributed by atoms with Gasteiger partial charge in [0, 0.05) is 0 Å². The molecule has 0 aromatic heterocycles. The van der Waals surface area contributed by atoms with Gasteiger partial charge in [0.15, 0.2) is 0 Å². The van der Waals surface area contributed by atoms with Crippen LogP contribution in [0.15, 0.2) is 24.3 Å². The van der Waals surface area contributed by atoms with Gasteiger partial charge in [-0.1, -0.05) is 6.07 Å². The van der Waals surface area contributed by atoms with Crippen molar-refractivity contribution in [2.24, 2.45) is 5.92 Å². The van der Waals surface area contributed by atoms with Crippen LogP contribution in [-0.4, -0.2) is 24.5 Å². The van der Waals surface area contributed by atoms with Crippen molar-refractivity contribution in [2.45, 2.75) is 12.4 Å². The molecule has 0 saturated carbocycles. The lowest BCUT2D eigenvalue weighted by Crippen LogP contribution is -2.31. The summed E-state index contributed by atoms with van der Waals surface area (Å²) >= 11 is 0. The fraction of sp³-hybridized carbons (Fsp3) is 0.455. The first-order valence-corrected chi connectivity index (χ1v) is 5.12. The van der Waals surface area contributed by atoms with Gasteiger partial charge in [0.1, 0.15) is 18.3 Å². The Hall–Kier alpha value is -1.44. The van der Waals surface area contributed by atoms with E-state index in [9.17, 15) is 26.3 Å². The number of aliphatic hydroxyl groups is 1. The molecule has 0 aliphatic rings. The zero-order valence-electron chi connectivity index (χ0n) is 9.42. The number of halogens is 6. The first kappa shape index (κ1) is 15.6. The predicted octanol–water partition coefficient (Wildman–Crippen LogP) is 3.26. The number of aliphatic hydroxyl groups excluding tert-OH is 1. The minimum atomic E-state index is -4.67. The molecule has 0 heterocycles. The normalized spacial score (nSPS) is 14.3. The Balaban J connectivity index is 2.73. The van der Waals surface area contributed by atoms with Gasteiger partial charge in [0.25, 0.3) is 0 Å². The second kappa shape index (κ2) is 5.68. The lowest BCUT2D eigenvalue weighted by molar-refractivity contribution is -0.190. The van der Waals surface area contributed by atoms with Gasteiger partial charge in [-0.25, -0.2) is 0 Å². The number of alkyl halides is 6. The molecule has 0 amide bonds. The summed E-state index contributed by atoms with van der Waals surface area (Å²) in [5.41, 5.74) is -1.02. The summed E-state index contributed by atoms with van der Waals surface area (Å²) in [4.78, 5) is 0. The van der Waals surface area contributed by atoms with E-state index in [-0.39, 0.29) is 5.75 Å². The summed E-state index contributed by atoms with van der Waals surface area (Å²) in [6.45, 7) is -2.14. The summed E-state index contributed by atoms with van der Waals surface area (Å²) < 4.78 is 78.5. The molecule has 0 aliphatic heterocycles. The van der Waals surface area contributed by atoms with Crippen LogP contribution in [0.3, 0.4) is 0 Å². The minimum absolute atomic E-state index is 0.336. The van der Waals surface area contributed by atoms with Crippen LogP contribution in [0.5, 0.6) is 5.75 Å². The van der Waals surface area contributed by atoms with Crippen molar-refractivity contribution >= 4 is 0 Å². The van der Waals surface area contributed by atoms with Crippen LogP contribution in [0.4, 0.5) is 26.3 Å². The summed E-state index contributed by atoms with van der Waals surface area (Å²) in [5.74, 6) is -2.47. The Kier molecular flexibility index (Phi) is 4.67. The Bertz CT molecular complexity index is 412. The van der Waals surface area contributed by atoms with Crippen LogP contribution in [0, 0.1) is 5.92 Å². The average molecular weight is 288 g/mol. The molecule has 0 aliphatic carbocycles. The van der Waals surface area contributed by atoms with E-state index < -0.39 is 37.0 Å². The molecule has 1 atom stereocenters. The van der Waals surface area contributed by atoms with Gasteiger partial charge < -0.3 is 9.84 Å². The van der Waals surface area contributed by atoms with Gasteiger partial charge >= 0.3 is 12.4 Å². The highest BCUT2D eigenvalue weighted by Gasteiger charge is 2.39. The molecule has 19 heavy (non-hydrogen) atoms. The number of hydrogen-bond donors (Lipinski definition) is 1. The van der Waals surface area contributed by atoms with Crippen LogP contribution < -0.4 is 4.74 Å². The summed E-state index contributed by atoms with van der Waals surface area (Å²) in [6, 6.07) is 3.52. The van der Waals surface area contributed by atoms with Crippen LogP contribution in [0.1, 0.15) is 5.56 Å². The quantitative estimate of drug-likeness (QED) is 0.862. The molecule has 1 aromatic rings. The molecule has 2 nitrogen and oxygen atoms in total. The summed E-state index contributed by atoms with van der Waals surface area (Å²) in [7, 11) is 0. The Morgan fingerprint density at radius 2 is 1.74 bits per heavy atom. The second-order valence-electron chi connectivity index (χ2n) is 3.76. The highest BCUT2D eigenvalue weighted by atomic mass is 19.4. The molecular formula is C11H10F6O2. The lowest BCUT2D eigenvalue weighted by Gasteiger charge is -2.18. The molecule has 1 aromatic carbocycles. The van der Waals surface area contributed by atoms with E-state index in [4.69, 9.17) is 5.11 Å². The van der Waals surface area contributed by atoms with Crippen molar-refractivity contribution in [2.75, 3.05) is 13.2 Å². The molecule has 8 heteroatoms. The molecule has 0 bridgehead atoms. The standard InChI is InChI=1S/C11H10F6O2/c12-10(13,14)7-2-1-3-9(4-7)19-6-8(5-18)11(15,16)17/h1-4,8,18H,5-6H2. The topological polar surface area (TPSA) is 29.5 Å². The maximum absolute atomic E-state index is 12.3. The molecule has 1 rings (SSSR count). The number of hydrogen-bond acceptors (Lipinski definition) is 2. The van der Waals surface area contributed by atoms with Gasteiger partial charge in [-0.3, -0.25) is 0 Å². The van der Waals surface area contributed by atoms with Gasteiger partial charge in [0.2, 0.25) is 0 Å². The van der Waals surface area contributed by atoms with Gasteiger partial charge in [-0.15, -0.1) is 0 Å². The average Bonchev–Trinajstić information content (AvgIpc) is 2.27. The molecule has 0 spiro atoms. The summed E-state index contributed by atoms with van der Waals surface area (Å²) in [5, 5.41) is 8.54. The zero-order chi connectivity index (χ0) is 14.7. The van der Waals surface area contributed by atoms with Crippen molar-refractivity contribution in [1.82, 2.24) is 0 Å². The fourth-order valence-corrected chi connectivity index (χ4v) is 1.21. The summed E-state index contributed by atoms with van der Waals surface area (Å²) in [6.07, 6.45) is -9.27. The predicted molar refractivity (Wildman–Crippen MR) is 53.6 cm³/mol. The Labute approximate surface area is 104 Å². The van der Waals surface area contributed by atoms with Crippen LogP contribution in [0.25, 0.3) is 0 Å². The maximum atomic E-state index is 12.3. The third-order valence-corrected chi connectivity index (χ3v) is 2.30. The monoisotopic (exact) mass is 288 g/mol. The van der Waals surface area contributed by atoms with Crippen molar-refractivity contribution < 1.29 is 36.2 Å².